The van der Waals surface area contributed by atoms with Crippen LogP contribution in [-0.2, 0) is 6.54 Å². The van der Waals surface area contributed by atoms with Crippen LogP contribution < -0.4 is 5.32 Å². The SMILES string of the molecule is c1ccc(CNC2CCSCC2)cc1. The summed E-state index contributed by atoms with van der Waals surface area (Å²) in [5, 5.41) is 3.62. The van der Waals surface area contributed by atoms with E-state index >= 15 is 0 Å². The minimum atomic E-state index is 0.747. The molecule has 1 N–H and O–H groups in total. The van der Waals surface area contributed by atoms with Gasteiger partial charge in [0.15, 0.2) is 0 Å². The predicted molar refractivity (Wildman–Crippen MR) is 63.6 cm³/mol. The summed E-state index contributed by atoms with van der Waals surface area (Å²) in [5.74, 6) is 2.65. The van der Waals surface area contributed by atoms with Gasteiger partial charge in [-0.3, -0.25) is 0 Å². The molecule has 76 valence electrons. The fraction of sp³-hybridized carbons (Fsp3) is 0.500. The topological polar surface area (TPSA) is 12.0 Å². The molecule has 0 saturated carbocycles. The number of rotatable bonds is 3. The zero-order valence-corrected chi connectivity index (χ0v) is 9.22. The maximum Gasteiger partial charge on any atom is 0.0208 e. The third-order valence-corrected chi connectivity index (χ3v) is 3.71. The predicted octanol–water partition coefficient (Wildman–Crippen LogP) is 2.67. The normalized spacial score (nSPS) is 18.3. The van der Waals surface area contributed by atoms with E-state index in [1.54, 1.807) is 0 Å². The van der Waals surface area contributed by atoms with E-state index in [4.69, 9.17) is 0 Å². The average Bonchev–Trinajstić information content (AvgIpc) is 2.29. The Morgan fingerprint density at radius 3 is 2.57 bits per heavy atom. The zero-order chi connectivity index (χ0) is 9.64. The number of hydrogen-bond acceptors (Lipinski definition) is 2. The molecule has 0 aromatic heterocycles. The molecule has 0 amide bonds. The highest BCUT2D eigenvalue weighted by molar-refractivity contribution is 7.99. The molecular weight excluding hydrogens is 190 g/mol. The quantitative estimate of drug-likeness (QED) is 0.818. The fourth-order valence-electron chi connectivity index (χ4n) is 1.76. The van der Waals surface area contributed by atoms with Crippen LogP contribution in [0.3, 0.4) is 0 Å². The van der Waals surface area contributed by atoms with Crippen LogP contribution in [-0.4, -0.2) is 17.5 Å². The molecule has 1 aliphatic heterocycles. The molecule has 2 rings (SSSR count). The lowest BCUT2D eigenvalue weighted by molar-refractivity contribution is 0.482. The van der Waals surface area contributed by atoms with Crippen LogP contribution in [0.1, 0.15) is 18.4 Å². The lowest BCUT2D eigenvalue weighted by atomic mass is 10.1. The highest BCUT2D eigenvalue weighted by Crippen LogP contribution is 2.17. The summed E-state index contributed by atoms with van der Waals surface area (Å²) in [5.41, 5.74) is 1.39. The van der Waals surface area contributed by atoms with E-state index in [1.165, 1.54) is 29.9 Å². The first-order valence-electron chi connectivity index (χ1n) is 5.30. The lowest BCUT2D eigenvalue weighted by Crippen LogP contribution is -2.31. The van der Waals surface area contributed by atoms with Crippen molar-refractivity contribution >= 4 is 11.8 Å². The van der Waals surface area contributed by atoms with Crippen LogP contribution in [0.4, 0.5) is 0 Å². The summed E-state index contributed by atoms with van der Waals surface area (Å²) in [4.78, 5) is 0. The molecule has 0 spiro atoms. The summed E-state index contributed by atoms with van der Waals surface area (Å²) in [7, 11) is 0. The van der Waals surface area contributed by atoms with Crippen LogP contribution in [0.5, 0.6) is 0 Å². The van der Waals surface area contributed by atoms with Crippen molar-refractivity contribution in [3.05, 3.63) is 35.9 Å². The Kier molecular flexibility index (Phi) is 3.90. The Bertz CT molecular complexity index is 254. The van der Waals surface area contributed by atoms with Gasteiger partial charge in [-0.05, 0) is 29.9 Å². The molecule has 2 heteroatoms. The molecule has 1 aromatic rings. The first-order chi connectivity index (χ1) is 6.95. The standard InChI is InChI=1S/C12H17NS/c1-2-4-11(5-3-1)10-13-12-6-8-14-9-7-12/h1-5,12-13H,6-10H2. The number of benzene rings is 1. The van der Waals surface area contributed by atoms with Gasteiger partial charge in [-0.1, -0.05) is 30.3 Å². The minimum absolute atomic E-state index is 0.747. The third-order valence-electron chi connectivity index (χ3n) is 2.66. The van der Waals surface area contributed by atoms with E-state index in [-0.39, 0.29) is 0 Å². The Morgan fingerprint density at radius 2 is 1.86 bits per heavy atom. The molecule has 0 unspecified atom stereocenters. The first kappa shape index (κ1) is 10.1. The second kappa shape index (κ2) is 5.42. The van der Waals surface area contributed by atoms with E-state index in [1.807, 2.05) is 0 Å². The maximum absolute atomic E-state index is 3.62. The van der Waals surface area contributed by atoms with Gasteiger partial charge in [0.1, 0.15) is 0 Å². The molecule has 1 heterocycles. The molecule has 0 bridgehead atoms. The van der Waals surface area contributed by atoms with Crippen molar-refractivity contribution in [3.8, 4) is 0 Å². The van der Waals surface area contributed by atoms with Crippen LogP contribution in [0.2, 0.25) is 0 Å². The van der Waals surface area contributed by atoms with Crippen molar-refractivity contribution in [2.45, 2.75) is 25.4 Å². The van der Waals surface area contributed by atoms with E-state index in [2.05, 4.69) is 47.4 Å². The Morgan fingerprint density at radius 1 is 1.14 bits per heavy atom. The molecule has 14 heavy (non-hydrogen) atoms. The summed E-state index contributed by atoms with van der Waals surface area (Å²) in [6.45, 7) is 1.02. The van der Waals surface area contributed by atoms with E-state index in [9.17, 15) is 0 Å². The molecule has 1 nitrogen and oxygen atoms in total. The lowest BCUT2D eigenvalue weighted by Gasteiger charge is -2.22. The first-order valence-corrected chi connectivity index (χ1v) is 6.46. The summed E-state index contributed by atoms with van der Waals surface area (Å²) < 4.78 is 0. The second-order valence-electron chi connectivity index (χ2n) is 3.75. The maximum atomic E-state index is 3.62. The number of hydrogen-bond donors (Lipinski definition) is 1. The van der Waals surface area contributed by atoms with Crippen molar-refractivity contribution in [1.29, 1.82) is 0 Å². The van der Waals surface area contributed by atoms with Crippen LogP contribution in [0, 0.1) is 0 Å². The second-order valence-corrected chi connectivity index (χ2v) is 4.98. The van der Waals surface area contributed by atoms with Crippen molar-refractivity contribution in [2.75, 3.05) is 11.5 Å². The molecule has 0 radical (unpaired) electrons. The summed E-state index contributed by atoms with van der Waals surface area (Å²) in [6, 6.07) is 11.4. The Hall–Kier alpha value is -0.470. The molecule has 0 atom stereocenters. The molecule has 1 saturated heterocycles. The zero-order valence-electron chi connectivity index (χ0n) is 8.41. The smallest absolute Gasteiger partial charge is 0.0208 e. The molecule has 0 aliphatic carbocycles. The van der Waals surface area contributed by atoms with Crippen LogP contribution in [0.25, 0.3) is 0 Å². The number of thioether (sulfide) groups is 1. The van der Waals surface area contributed by atoms with Gasteiger partial charge in [0.05, 0.1) is 0 Å². The molecular formula is C12H17NS. The van der Waals surface area contributed by atoms with Gasteiger partial charge in [-0.2, -0.15) is 11.8 Å². The largest absolute Gasteiger partial charge is 0.310 e. The van der Waals surface area contributed by atoms with Gasteiger partial charge in [-0.25, -0.2) is 0 Å². The van der Waals surface area contributed by atoms with Crippen molar-refractivity contribution in [3.63, 3.8) is 0 Å². The highest BCUT2D eigenvalue weighted by Gasteiger charge is 2.12. The fourth-order valence-corrected chi connectivity index (χ4v) is 2.87. The van der Waals surface area contributed by atoms with E-state index in [0.29, 0.717) is 0 Å². The van der Waals surface area contributed by atoms with Crippen molar-refractivity contribution in [1.82, 2.24) is 5.32 Å². The summed E-state index contributed by atoms with van der Waals surface area (Å²) in [6.07, 6.45) is 2.66. The van der Waals surface area contributed by atoms with Gasteiger partial charge >= 0.3 is 0 Å². The Balaban J connectivity index is 1.76. The van der Waals surface area contributed by atoms with Crippen LogP contribution >= 0.6 is 11.8 Å². The van der Waals surface area contributed by atoms with Crippen LogP contribution in [0.15, 0.2) is 30.3 Å². The minimum Gasteiger partial charge on any atom is -0.310 e. The van der Waals surface area contributed by atoms with E-state index in [0.717, 1.165) is 12.6 Å². The van der Waals surface area contributed by atoms with Gasteiger partial charge in [0.2, 0.25) is 0 Å². The van der Waals surface area contributed by atoms with Gasteiger partial charge in [-0.15, -0.1) is 0 Å². The van der Waals surface area contributed by atoms with Crippen molar-refractivity contribution in [2.24, 2.45) is 0 Å². The monoisotopic (exact) mass is 207 g/mol. The van der Waals surface area contributed by atoms with Gasteiger partial charge in [0.25, 0.3) is 0 Å². The molecule has 1 fully saturated rings. The van der Waals surface area contributed by atoms with Gasteiger partial charge < -0.3 is 5.32 Å². The summed E-state index contributed by atoms with van der Waals surface area (Å²) >= 11 is 2.08. The molecule has 1 aliphatic rings. The van der Waals surface area contributed by atoms with E-state index < -0.39 is 0 Å². The third kappa shape index (κ3) is 3.03. The van der Waals surface area contributed by atoms with Gasteiger partial charge in [0, 0.05) is 12.6 Å². The van der Waals surface area contributed by atoms with Crippen molar-refractivity contribution < 1.29 is 0 Å². The number of nitrogens with one attached hydrogen (secondary N) is 1. The highest BCUT2D eigenvalue weighted by atomic mass is 32.2. The average molecular weight is 207 g/mol. The Labute approximate surface area is 90.3 Å². The molecule has 1 aromatic carbocycles.